The minimum absolute atomic E-state index is 0.175. The van der Waals surface area contributed by atoms with E-state index in [0.717, 1.165) is 0 Å². The number of nitrogens with one attached hydrogen (secondary N) is 1. The van der Waals surface area contributed by atoms with Crippen molar-refractivity contribution < 1.29 is 23.5 Å². The number of methoxy groups -OCH3 is 1. The molecule has 13 heteroatoms. The molecular weight excluding hydrogens is 567 g/mol. The average molecular weight is 593 g/mol. The van der Waals surface area contributed by atoms with Gasteiger partial charge in [-0.15, -0.1) is 0 Å². The monoisotopic (exact) mass is 592 g/mol. The summed E-state index contributed by atoms with van der Waals surface area (Å²) in [5, 5.41) is 15.4. The summed E-state index contributed by atoms with van der Waals surface area (Å²) in [6.07, 6.45) is 5.75. The highest BCUT2D eigenvalue weighted by atomic mass is 35.5. The number of halogens is 2. The predicted molar refractivity (Wildman–Crippen MR) is 155 cm³/mol. The Hall–Kier alpha value is -4.97. The molecule has 0 fully saturated rings. The van der Waals surface area contributed by atoms with Crippen molar-refractivity contribution in [1.82, 2.24) is 19.5 Å². The van der Waals surface area contributed by atoms with Gasteiger partial charge in [0, 0.05) is 17.1 Å². The van der Waals surface area contributed by atoms with Gasteiger partial charge in [-0.3, -0.25) is 0 Å². The van der Waals surface area contributed by atoms with Gasteiger partial charge in [0.1, 0.15) is 42.7 Å². The summed E-state index contributed by atoms with van der Waals surface area (Å²) >= 11 is 6.47. The van der Waals surface area contributed by atoms with Crippen molar-refractivity contribution in [3.05, 3.63) is 99.8 Å². The van der Waals surface area contributed by atoms with E-state index in [1.807, 2.05) is 0 Å². The second-order valence-corrected chi connectivity index (χ2v) is 9.57. The summed E-state index contributed by atoms with van der Waals surface area (Å²) in [7, 11) is 1.55. The first-order valence-corrected chi connectivity index (χ1v) is 13.3. The van der Waals surface area contributed by atoms with Crippen molar-refractivity contribution in [1.29, 1.82) is 0 Å². The zero-order valence-corrected chi connectivity index (χ0v) is 23.3. The van der Waals surface area contributed by atoms with E-state index in [4.69, 9.17) is 25.8 Å². The highest BCUT2D eigenvalue weighted by Crippen LogP contribution is 2.36. The normalized spacial score (nSPS) is 10.9. The van der Waals surface area contributed by atoms with Crippen LogP contribution in [0.5, 0.6) is 17.2 Å². The predicted octanol–water partition coefficient (Wildman–Crippen LogP) is 6.72. The summed E-state index contributed by atoms with van der Waals surface area (Å²) in [6, 6.07) is 15.0. The number of nitrogens with zero attached hydrogens (tertiary/aromatic N) is 5. The van der Waals surface area contributed by atoms with E-state index in [2.05, 4.69) is 20.3 Å². The standard InChI is InChI=1S/C29H26ClFN6O5/c1-40-26-16-24-22(15-27(26)41-12-3-2-10-36-11-9-32-29(36)37(38)39)28(34-18-33-24)35-21-7-8-25(23(30)14-21)42-17-19-5-4-6-20(31)13-19/h4-9,11,13-16,18H,2-3,10,12,17H2,1H3,(H,33,34,35). The molecule has 1 N–H and O–H groups in total. The Bertz CT molecular complexity index is 1720. The van der Waals surface area contributed by atoms with Crippen LogP contribution in [-0.2, 0) is 13.2 Å². The molecule has 216 valence electrons. The van der Waals surface area contributed by atoms with Gasteiger partial charge in [0.25, 0.3) is 0 Å². The molecule has 0 spiro atoms. The minimum atomic E-state index is -0.504. The molecule has 5 aromatic rings. The van der Waals surface area contributed by atoms with Crippen LogP contribution in [0.4, 0.5) is 21.8 Å². The third-order valence-corrected chi connectivity index (χ3v) is 6.60. The van der Waals surface area contributed by atoms with E-state index < -0.39 is 4.92 Å². The van der Waals surface area contributed by atoms with Crippen molar-refractivity contribution in [2.24, 2.45) is 0 Å². The zero-order chi connectivity index (χ0) is 29.5. The van der Waals surface area contributed by atoms with Crippen LogP contribution in [0.3, 0.4) is 0 Å². The second-order valence-electron chi connectivity index (χ2n) is 9.16. The van der Waals surface area contributed by atoms with Gasteiger partial charge in [-0.25, -0.2) is 18.9 Å². The van der Waals surface area contributed by atoms with Crippen LogP contribution in [0.2, 0.25) is 5.02 Å². The van der Waals surface area contributed by atoms with Crippen molar-refractivity contribution in [3.8, 4) is 17.2 Å². The summed E-state index contributed by atoms with van der Waals surface area (Å²) < 4.78 is 32.3. The number of rotatable bonds is 13. The number of hydrogen-bond acceptors (Lipinski definition) is 9. The Balaban J connectivity index is 1.25. The van der Waals surface area contributed by atoms with E-state index in [0.29, 0.717) is 76.2 Å². The molecule has 42 heavy (non-hydrogen) atoms. The van der Waals surface area contributed by atoms with Crippen LogP contribution in [0.25, 0.3) is 10.9 Å². The molecule has 0 atom stereocenters. The maximum absolute atomic E-state index is 13.4. The summed E-state index contributed by atoms with van der Waals surface area (Å²) in [5.74, 6) is 1.51. The van der Waals surface area contributed by atoms with Gasteiger partial charge in [0.15, 0.2) is 11.5 Å². The quantitative estimate of drug-likeness (QED) is 0.0900. The molecule has 3 aromatic carbocycles. The van der Waals surface area contributed by atoms with Crippen molar-refractivity contribution in [2.45, 2.75) is 26.0 Å². The Labute approximate surface area is 245 Å². The molecular formula is C29H26ClFN6O5. The zero-order valence-electron chi connectivity index (χ0n) is 22.5. The molecule has 5 rings (SSSR count). The van der Waals surface area contributed by atoms with E-state index in [-0.39, 0.29) is 18.4 Å². The van der Waals surface area contributed by atoms with Crippen LogP contribution in [0, 0.1) is 15.9 Å². The number of ether oxygens (including phenoxy) is 3. The van der Waals surface area contributed by atoms with E-state index in [1.54, 1.807) is 55.8 Å². The molecule has 0 saturated carbocycles. The fourth-order valence-corrected chi connectivity index (χ4v) is 4.51. The van der Waals surface area contributed by atoms with Crippen LogP contribution >= 0.6 is 11.6 Å². The van der Waals surface area contributed by atoms with Gasteiger partial charge in [-0.05, 0) is 59.7 Å². The van der Waals surface area contributed by atoms with Gasteiger partial charge in [-0.2, -0.15) is 0 Å². The van der Waals surface area contributed by atoms with Gasteiger partial charge in [0.05, 0.1) is 30.8 Å². The third-order valence-electron chi connectivity index (χ3n) is 6.31. The fraction of sp³-hybridized carbons (Fsp3) is 0.207. The lowest BCUT2D eigenvalue weighted by Gasteiger charge is -2.14. The van der Waals surface area contributed by atoms with Crippen molar-refractivity contribution in [3.63, 3.8) is 0 Å². The van der Waals surface area contributed by atoms with E-state index in [1.165, 1.54) is 29.2 Å². The number of hydrogen-bond donors (Lipinski definition) is 1. The minimum Gasteiger partial charge on any atom is -0.493 e. The fourth-order valence-electron chi connectivity index (χ4n) is 4.27. The first-order valence-electron chi connectivity index (χ1n) is 13.0. The number of benzene rings is 3. The Morgan fingerprint density at radius 3 is 2.69 bits per heavy atom. The Kier molecular flexibility index (Phi) is 8.93. The number of imidazole rings is 1. The number of anilines is 2. The maximum atomic E-state index is 13.4. The largest absolute Gasteiger partial charge is 0.493 e. The molecule has 11 nitrogen and oxygen atoms in total. The summed E-state index contributed by atoms with van der Waals surface area (Å²) in [4.78, 5) is 23.1. The number of nitro groups is 1. The van der Waals surface area contributed by atoms with Crippen LogP contribution in [0.1, 0.15) is 18.4 Å². The van der Waals surface area contributed by atoms with Gasteiger partial charge < -0.3 is 29.6 Å². The number of unbranched alkanes of at least 4 members (excludes halogenated alkanes) is 1. The topological polar surface area (TPSA) is 126 Å². The lowest BCUT2D eigenvalue weighted by Crippen LogP contribution is -2.05. The SMILES string of the molecule is COc1cc2ncnc(Nc3ccc(OCc4cccc(F)c4)c(Cl)c3)c2cc1OCCCCn1ccnc1[N+](=O)[O-]. The lowest BCUT2D eigenvalue weighted by molar-refractivity contribution is -0.396. The Morgan fingerprint density at radius 2 is 1.90 bits per heavy atom. The number of aryl methyl sites for hydroxylation is 1. The first kappa shape index (κ1) is 28.6. The molecule has 0 aliphatic carbocycles. The highest BCUT2D eigenvalue weighted by molar-refractivity contribution is 6.32. The van der Waals surface area contributed by atoms with E-state index in [9.17, 15) is 14.5 Å². The van der Waals surface area contributed by atoms with Crippen LogP contribution in [0.15, 0.2) is 73.3 Å². The molecule has 2 aromatic heterocycles. The molecule has 0 amide bonds. The molecule has 0 bridgehead atoms. The molecule has 0 radical (unpaired) electrons. The maximum Gasteiger partial charge on any atom is 0.434 e. The van der Waals surface area contributed by atoms with E-state index >= 15 is 0 Å². The molecule has 0 unspecified atom stereocenters. The lowest BCUT2D eigenvalue weighted by atomic mass is 10.2. The van der Waals surface area contributed by atoms with Crippen LogP contribution < -0.4 is 19.5 Å². The first-order chi connectivity index (χ1) is 20.4. The highest BCUT2D eigenvalue weighted by Gasteiger charge is 2.15. The molecule has 2 heterocycles. The summed E-state index contributed by atoms with van der Waals surface area (Å²) in [6.45, 7) is 0.996. The number of aromatic nitrogens is 4. The molecule has 0 aliphatic rings. The van der Waals surface area contributed by atoms with Crippen molar-refractivity contribution >= 4 is 40.0 Å². The van der Waals surface area contributed by atoms with Gasteiger partial charge >= 0.3 is 5.95 Å². The average Bonchev–Trinajstić information content (AvgIpc) is 3.45. The summed E-state index contributed by atoms with van der Waals surface area (Å²) in [5.41, 5.74) is 2.01. The van der Waals surface area contributed by atoms with Crippen molar-refractivity contribution in [2.75, 3.05) is 19.0 Å². The molecule has 0 aliphatic heterocycles. The van der Waals surface area contributed by atoms with Crippen LogP contribution in [-0.4, -0.2) is 38.2 Å². The molecule has 0 saturated heterocycles. The second kappa shape index (κ2) is 13.1. The van der Waals surface area contributed by atoms with Gasteiger partial charge in [-0.1, -0.05) is 28.7 Å². The Morgan fingerprint density at radius 1 is 1.02 bits per heavy atom. The van der Waals surface area contributed by atoms with Gasteiger partial charge in [0.2, 0.25) is 0 Å². The number of fused-ring (bicyclic) bond motifs is 1. The third kappa shape index (κ3) is 6.84. The smallest absolute Gasteiger partial charge is 0.434 e.